The average molecular weight is 150 g/mol. The molecule has 0 aliphatic heterocycles. The van der Waals surface area contributed by atoms with Crippen LogP contribution in [0.25, 0.3) is 11.0 Å². The topological polar surface area (TPSA) is 63.6 Å². The largest absolute Gasteiger partial charge is 0.329 e. The van der Waals surface area contributed by atoms with Crippen molar-refractivity contribution in [1.82, 2.24) is 19.7 Å². The molecule has 2 rings (SSSR count). The highest BCUT2D eigenvalue weighted by Gasteiger charge is 2.01. The summed E-state index contributed by atoms with van der Waals surface area (Å²) in [4.78, 5) is 15.0. The lowest BCUT2D eigenvalue weighted by atomic mass is 10.5. The molecule has 1 N–H and O–H groups in total. The summed E-state index contributed by atoms with van der Waals surface area (Å²) in [7, 11) is 1.77. The number of aromatic amines is 1. The summed E-state index contributed by atoms with van der Waals surface area (Å²) in [6.45, 7) is 0. The summed E-state index contributed by atoms with van der Waals surface area (Å²) in [6.07, 6.45) is 3.11. The van der Waals surface area contributed by atoms with Gasteiger partial charge in [-0.05, 0) is 0 Å². The summed E-state index contributed by atoms with van der Waals surface area (Å²) in [5.41, 5.74) is 0.971. The van der Waals surface area contributed by atoms with Gasteiger partial charge in [0, 0.05) is 7.05 Å². The summed E-state index contributed by atoms with van der Waals surface area (Å²) >= 11 is 0. The van der Waals surface area contributed by atoms with Crippen LogP contribution in [0.3, 0.4) is 0 Å². The molecule has 5 nitrogen and oxygen atoms in total. The first kappa shape index (κ1) is 6.09. The average Bonchev–Trinajstić information content (AvgIpc) is 2.34. The van der Waals surface area contributed by atoms with Gasteiger partial charge in [-0.1, -0.05) is 0 Å². The van der Waals surface area contributed by atoms with Crippen molar-refractivity contribution in [3.8, 4) is 0 Å². The van der Waals surface area contributed by atoms with E-state index >= 15 is 0 Å². The molecule has 0 aliphatic carbocycles. The van der Waals surface area contributed by atoms with Crippen LogP contribution in [0.1, 0.15) is 0 Å². The number of aryl methyl sites for hydroxylation is 1. The number of imidazole rings is 1. The predicted molar refractivity (Wildman–Crippen MR) is 39.1 cm³/mol. The molecule has 0 aliphatic rings. The van der Waals surface area contributed by atoms with Gasteiger partial charge < -0.3 is 4.57 Å². The lowest BCUT2D eigenvalue weighted by Gasteiger charge is -1.89. The molecule has 56 valence electrons. The van der Waals surface area contributed by atoms with Crippen molar-refractivity contribution < 1.29 is 0 Å². The number of nitrogens with one attached hydrogen (secondary N) is 1. The molecule has 0 spiro atoms. The van der Waals surface area contributed by atoms with Gasteiger partial charge in [-0.25, -0.2) is 10.1 Å². The molecule has 0 saturated heterocycles. The quantitative estimate of drug-likeness (QED) is 0.558. The first-order chi connectivity index (χ1) is 5.29. The smallest absolute Gasteiger partial charge is 0.290 e. The van der Waals surface area contributed by atoms with Crippen LogP contribution >= 0.6 is 0 Å². The highest BCUT2D eigenvalue weighted by Crippen LogP contribution is 2.01. The zero-order valence-corrected chi connectivity index (χ0v) is 5.90. The first-order valence-corrected chi connectivity index (χ1v) is 3.14. The Balaban J connectivity index is 3.08. The Kier molecular flexibility index (Phi) is 1.06. The van der Waals surface area contributed by atoms with Crippen LogP contribution in [0.15, 0.2) is 17.3 Å². The fraction of sp³-hybridized carbons (Fsp3) is 0.167. The van der Waals surface area contributed by atoms with Crippen LogP contribution < -0.4 is 5.56 Å². The SMILES string of the molecule is Cn1cnc2cn[nH]c(=O)c21. The minimum absolute atomic E-state index is 0.206. The Labute approximate surface area is 61.7 Å². The fourth-order valence-electron chi connectivity index (χ4n) is 1.02. The standard InChI is InChI=1S/C6H6N4O/c1-10-3-7-4-2-8-9-6(11)5(4)10/h2-3H,1H3,(H,9,11). The second-order valence-corrected chi connectivity index (χ2v) is 2.29. The minimum Gasteiger partial charge on any atom is -0.329 e. The third-order valence-corrected chi connectivity index (χ3v) is 1.53. The third-order valence-electron chi connectivity index (χ3n) is 1.53. The molecule has 0 atom stereocenters. The fourth-order valence-corrected chi connectivity index (χ4v) is 1.02. The van der Waals surface area contributed by atoms with Crippen molar-refractivity contribution in [1.29, 1.82) is 0 Å². The van der Waals surface area contributed by atoms with Crippen LogP contribution in [-0.4, -0.2) is 19.7 Å². The van der Waals surface area contributed by atoms with Gasteiger partial charge in [0.05, 0.1) is 12.5 Å². The number of nitrogens with zero attached hydrogens (tertiary/aromatic N) is 3. The van der Waals surface area contributed by atoms with Gasteiger partial charge in [0.2, 0.25) is 0 Å². The number of rotatable bonds is 0. The van der Waals surface area contributed by atoms with E-state index in [4.69, 9.17) is 0 Å². The highest BCUT2D eigenvalue weighted by atomic mass is 16.1. The number of fused-ring (bicyclic) bond motifs is 1. The van der Waals surface area contributed by atoms with Crippen molar-refractivity contribution in [3.63, 3.8) is 0 Å². The monoisotopic (exact) mass is 150 g/mol. The number of hydrogen-bond acceptors (Lipinski definition) is 3. The maximum absolute atomic E-state index is 11.1. The second-order valence-electron chi connectivity index (χ2n) is 2.29. The maximum Gasteiger partial charge on any atom is 0.290 e. The minimum atomic E-state index is -0.206. The number of H-pyrrole nitrogens is 1. The molecule has 5 heteroatoms. The van der Waals surface area contributed by atoms with Crippen LogP contribution in [0.4, 0.5) is 0 Å². The zero-order chi connectivity index (χ0) is 7.84. The predicted octanol–water partition coefficient (Wildman–Crippen LogP) is -0.343. The molecule has 0 amide bonds. The van der Waals surface area contributed by atoms with Gasteiger partial charge in [0.1, 0.15) is 11.0 Å². The molecule has 2 heterocycles. The second kappa shape index (κ2) is 1.91. The van der Waals surface area contributed by atoms with Gasteiger partial charge in [-0.3, -0.25) is 4.79 Å². The molecule has 11 heavy (non-hydrogen) atoms. The van der Waals surface area contributed by atoms with Crippen LogP contribution in [0.2, 0.25) is 0 Å². The van der Waals surface area contributed by atoms with Crippen LogP contribution in [0, 0.1) is 0 Å². The van der Waals surface area contributed by atoms with E-state index < -0.39 is 0 Å². The Morgan fingerprint density at radius 2 is 2.45 bits per heavy atom. The van der Waals surface area contributed by atoms with Gasteiger partial charge in [-0.15, -0.1) is 0 Å². The lowest BCUT2D eigenvalue weighted by Crippen LogP contribution is -2.09. The van der Waals surface area contributed by atoms with E-state index in [9.17, 15) is 4.79 Å². The molecule has 0 bridgehead atoms. The summed E-state index contributed by atoms with van der Waals surface area (Å²) in [6, 6.07) is 0. The van der Waals surface area contributed by atoms with Crippen LogP contribution in [-0.2, 0) is 7.05 Å². The summed E-state index contributed by atoms with van der Waals surface area (Å²) in [5, 5.41) is 5.95. The normalized spacial score (nSPS) is 10.6. The molecule has 0 unspecified atom stereocenters. The molecule has 2 aromatic rings. The van der Waals surface area contributed by atoms with Gasteiger partial charge in [0.15, 0.2) is 0 Å². The van der Waals surface area contributed by atoms with E-state index in [0.29, 0.717) is 11.0 Å². The summed E-state index contributed by atoms with van der Waals surface area (Å²) < 4.78 is 1.66. The van der Waals surface area contributed by atoms with E-state index in [1.165, 1.54) is 6.20 Å². The van der Waals surface area contributed by atoms with Crippen molar-refractivity contribution in [2.45, 2.75) is 0 Å². The lowest BCUT2D eigenvalue weighted by molar-refractivity contribution is 0.925. The van der Waals surface area contributed by atoms with E-state index in [-0.39, 0.29) is 5.56 Å². The zero-order valence-electron chi connectivity index (χ0n) is 5.90. The Morgan fingerprint density at radius 1 is 1.64 bits per heavy atom. The molecule has 2 aromatic heterocycles. The van der Waals surface area contributed by atoms with Crippen molar-refractivity contribution in [2.75, 3.05) is 0 Å². The molecule has 0 radical (unpaired) electrons. The number of aromatic nitrogens is 4. The van der Waals surface area contributed by atoms with Gasteiger partial charge in [-0.2, -0.15) is 5.10 Å². The van der Waals surface area contributed by atoms with Gasteiger partial charge in [0.25, 0.3) is 5.56 Å². The van der Waals surface area contributed by atoms with Crippen molar-refractivity contribution >= 4 is 11.0 Å². The maximum atomic E-state index is 11.1. The Bertz CT molecular complexity index is 441. The first-order valence-electron chi connectivity index (χ1n) is 3.14. The summed E-state index contributed by atoms with van der Waals surface area (Å²) in [5.74, 6) is 0. The molecular weight excluding hydrogens is 144 g/mol. The molecule has 0 aromatic carbocycles. The van der Waals surface area contributed by atoms with Crippen molar-refractivity contribution in [3.05, 3.63) is 22.9 Å². The number of hydrogen-bond donors (Lipinski definition) is 1. The van der Waals surface area contributed by atoms with E-state index in [2.05, 4.69) is 15.2 Å². The molecule has 0 fully saturated rings. The molecule has 0 saturated carbocycles. The highest BCUT2D eigenvalue weighted by molar-refractivity contribution is 5.72. The van der Waals surface area contributed by atoms with Gasteiger partial charge >= 0.3 is 0 Å². The van der Waals surface area contributed by atoms with E-state index in [1.54, 1.807) is 17.9 Å². The van der Waals surface area contributed by atoms with E-state index in [0.717, 1.165) is 0 Å². The third kappa shape index (κ3) is 0.739. The Hall–Kier alpha value is -1.65. The van der Waals surface area contributed by atoms with E-state index in [1.807, 2.05) is 0 Å². The van der Waals surface area contributed by atoms with Crippen LogP contribution in [0.5, 0.6) is 0 Å². The van der Waals surface area contributed by atoms with Crippen molar-refractivity contribution in [2.24, 2.45) is 7.05 Å². The molecular formula is C6H6N4O. The Morgan fingerprint density at radius 3 is 3.18 bits per heavy atom.